The predicted octanol–water partition coefficient (Wildman–Crippen LogP) is 4.80. The van der Waals surface area contributed by atoms with E-state index >= 15 is 0 Å². The molecule has 0 N–H and O–H groups in total. The summed E-state index contributed by atoms with van der Waals surface area (Å²) in [5.41, 5.74) is 3.21. The number of alkyl halides is 1. The SMILES string of the molecule is Cc1c(SC(C)c2ccccn2)ccnc1CCl.Cl. The van der Waals surface area contributed by atoms with E-state index in [1.807, 2.05) is 30.6 Å². The molecule has 0 aromatic carbocycles. The van der Waals surface area contributed by atoms with Gasteiger partial charge in [0.2, 0.25) is 0 Å². The lowest BCUT2D eigenvalue weighted by atomic mass is 10.2. The Morgan fingerprint density at radius 2 is 2.00 bits per heavy atom. The van der Waals surface area contributed by atoms with E-state index in [9.17, 15) is 0 Å². The third-order valence-electron chi connectivity index (χ3n) is 2.79. The van der Waals surface area contributed by atoms with Crippen LogP contribution in [0.5, 0.6) is 0 Å². The van der Waals surface area contributed by atoms with Gasteiger partial charge in [0.15, 0.2) is 0 Å². The molecule has 0 aliphatic rings. The lowest BCUT2D eigenvalue weighted by Crippen LogP contribution is -1.96. The molecule has 0 radical (unpaired) electrons. The van der Waals surface area contributed by atoms with E-state index in [2.05, 4.69) is 29.9 Å². The Hall–Kier alpha value is -0.770. The zero-order chi connectivity index (χ0) is 13.0. The summed E-state index contributed by atoms with van der Waals surface area (Å²) in [6.07, 6.45) is 3.65. The van der Waals surface area contributed by atoms with Gasteiger partial charge in [-0.3, -0.25) is 9.97 Å². The van der Waals surface area contributed by atoms with Crippen molar-refractivity contribution in [2.45, 2.75) is 29.9 Å². The third kappa shape index (κ3) is 4.10. The quantitative estimate of drug-likeness (QED) is 0.599. The lowest BCUT2D eigenvalue weighted by molar-refractivity contribution is 0.998. The topological polar surface area (TPSA) is 25.8 Å². The average Bonchev–Trinajstić information content (AvgIpc) is 2.42. The normalized spacial score (nSPS) is 11.7. The first-order valence-corrected chi connectivity index (χ1v) is 7.22. The van der Waals surface area contributed by atoms with Crippen molar-refractivity contribution in [3.63, 3.8) is 0 Å². The zero-order valence-corrected chi connectivity index (χ0v) is 13.2. The molecule has 102 valence electrons. The second-order valence-corrected chi connectivity index (χ2v) is 5.68. The number of nitrogens with zero attached hydrogens (tertiary/aromatic N) is 2. The Balaban J connectivity index is 0.00000180. The molecule has 5 heteroatoms. The van der Waals surface area contributed by atoms with Crippen molar-refractivity contribution in [3.05, 3.63) is 53.6 Å². The van der Waals surface area contributed by atoms with Crippen LogP contribution in [0.4, 0.5) is 0 Å². The first-order valence-electron chi connectivity index (χ1n) is 5.80. The highest BCUT2D eigenvalue weighted by Crippen LogP contribution is 2.36. The Bertz CT molecular complexity index is 520. The highest BCUT2D eigenvalue weighted by molar-refractivity contribution is 7.99. The Morgan fingerprint density at radius 1 is 1.21 bits per heavy atom. The van der Waals surface area contributed by atoms with Crippen LogP contribution in [0.1, 0.15) is 29.1 Å². The monoisotopic (exact) mass is 314 g/mol. The summed E-state index contributed by atoms with van der Waals surface area (Å²) < 4.78 is 0. The van der Waals surface area contributed by atoms with E-state index in [1.54, 1.807) is 11.8 Å². The van der Waals surface area contributed by atoms with E-state index in [-0.39, 0.29) is 12.4 Å². The number of hydrogen-bond donors (Lipinski definition) is 0. The zero-order valence-electron chi connectivity index (χ0n) is 10.8. The van der Waals surface area contributed by atoms with E-state index in [1.165, 1.54) is 10.5 Å². The van der Waals surface area contributed by atoms with E-state index in [0.29, 0.717) is 11.1 Å². The summed E-state index contributed by atoms with van der Waals surface area (Å²) in [6.45, 7) is 4.23. The number of aromatic nitrogens is 2. The standard InChI is InChI=1S/C14H15ClN2S.ClH/c1-10-13(9-15)17-8-6-14(10)18-11(2)12-5-3-4-7-16-12;/h3-8,11H,9H2,1-2H3;1H. The fourth-order valence-corrected chi connectivity index (χ4v) is 3.03. The summed E-state index contributed by atoms with van der Waals surface area (Å²) in [6, 6.07) is 8.04. The molecule has 0 saturated carbocycles. The first kappa shape index (κ1) is 16.3. The minimum atomic E-state index is 0. The molecule has 2 heterocycles. The molecule has 2 rings (SSSR count). The van der Waals surface area contributed by atoms with Crippen LogP contribution in [0.3, 0.4) is 0 Å². The molecule has 0 aliphatic heterocycles. The van der Waals surface area contributed by atoms with Crippen LogP contribution in [0.2, 0.25) is 0 Å². The molecule has 0 saturated heterocycles. The van der Waals surface area contributed by atoms with Crippen molar-refractivity contribution >= 4 is 35.8 Å². The maximum absolute atomic E-state index is 5.87. The average molecular weight is 315 g/mol. The van der Waals surface area contributed by atoms with Crippen molar-refractivity contribution < 1.29 is 0 Å². The van der Waals surface area contributed by atoms with Gasteiger partial charge < -0.3 is 0 Å². The van der Waals surface area contributed by atoms with Crippen LogP contribution in [0.25, 0.3) is 0 Å². The summed E-state index contributed by atoms with van der Waals surface area (Å²) >= 11 is 7.67. The van der Waals surface area contributed by atoms with Crippen molar-refractivity contribution in [1.29, 1.82) is 0 Å². The molecule has 0 fully saturated rings. The number of halogens is 2. The minimum absolute atomic E-state index is 0. The molecule has 2 aromatic rings. The van der Waals surface area contributed by atoms with Crippen LogP contribution in [0.15, 0.2) is 41.6 Å². The number of pyridine rings is 2. The molecular weight excluding hydrogens is 299 g/mol. The van der Waals surface area contributed by atoms with Gasteiger partial charge >= 0.3 is 0 Å². The minimum Gasteiger partial charge on any atom is -0.260 e. The van der Waals surface area contributed by atoms with Crippen molar-refractivity contribution in [2.24, 2.45) is 0 Å². The summed E-state index contributed by atoms with van der Waals surface area (Å²) in [5.74, 6) is 0.457. The summed E-state index contributed by atoms with van der Waals surface area (Å²) in [4.78, 5) is 9.88. The molecular formula is C14H16Cl2N2S. The first-order chi connectivity index (χ1) is 8.72. The van der Waals surface area contributed by atoms with E-state index < -0.39 is 0 Å². The summed E-state index contributed by atoms with van der Waals surface area (Å²) in [7, 11) is 0. The predicted molar refractivity (Wildman–Crippen MR) is 84.3 cm³/mol. The third-order valence-corrected chi connectivity index (χ3v) is 4.34. The Labute approximate surface area is 129 Å². The van der Waals surface area contributed by atoms with Gasteiger partial charge in [0, 0.05) is 22.5 Å². The smallest absolute Gasteiger partial charge is 0.0650 e. The molecule has 0 aliphatic carbocycles. The fourth-order valence-electron chi connectivity index (χ4n) is 1.69. The number of rotatable bonds is 4. The fraction of sp³-hybridized carbons (Fsp3) is 0.286. The number of thioether (sulfide) groups is 1. The maximum Gasteiger partial charge on any atom is 0.0650 e. The lowest BCUT2D eigenvalue weighted by Gasteiger charge is -2.13. The van der Waals surface area contributed by atoms with Gasteiger partial charge in [0.1, 0.15) is 0 Å². The Kier molecular flexibility index (Phi) is 6.63. The molecule has 2 aromatic heterocycles. The molecule has 1 unspecified atom stereocenters. The van der Waals surface area contributed by atoms with Gasteiger partial charge in [-0.25, -0.2) is 0 Å². The number of hydrogen-bond acceptors (Lipinski definition) is 3. The van der Waals surface area contributed by atoms with Crippen LogP contribution in [-0.2, 0) is 5.88 Å². The van der Waals surface area contributed by atoms with Gasteiger partial charge in [-0.05, 0) is 37.6 Å². The molecule has 0 bridgehead atoms. The van der Waals surface area contributed by atoms with Gasteiger partial charge in [0.05, 0.1) is 17.3 Å². The van der Waals surface area contributed by atoms with E-state index in [0.717, 1.165) is 11.4 Å². The van der Waals surface area contributed by atoms with Crippen LogP contribution in [-0.4, -0.2) is 9.97 Å². The molecule has 1 atom stereocenters. The van der Waals surface area contributed by atoms with E-state index in [4.69, 9.17) is 11.6 Å². The second kappa shape index (κ2) is 7.73. The highest BCUT2D eigenvalue weighted by Gasteiger charge is 2.11. The molecule has 0 spiro atoms. The van der Waals surface area contributed by atoms with Gasteiger partial charge in [0.25, 0.3) is 0 Å². The van der Waals surface area contributed by atoms with Crippen LogP contribution < -0.4 is 0 Å². The van der Waals surface area contributed by atoms with Crippen molar-refractivity contribution in [1.82, 2.24) is 9.97 Å². The van der Waals surface area contributed by atoms with Crippen molar-refractivity contribution in [2.75, 3.05) is 0 Å². The second-order valence-electron chi connectivity index (χ2n) is 4.03. The maximum atomic E-state index is 5.87. The highest BCUT2D eigenvalue weighted by atomic mass is 35.5. The Morgan fingerprint density at radius 3 is 2.63 bits per heavy atom. The van der Waals surface area contributed by atoms with Gasteiger partial charge in [-0.15, -0.1) is 35.8 Å². The van der Waals surface area contributed by atoms with Crippen molar-refractivity contribution in [3.8, 4) is 0 Å². The largest absolute Gasteiger partial charge is 0.260 e. The van der Waals surface area contributed by atoms with Crippen LogP contribution >= 0.6 is 35.8 Å². The molecule has 19 heavy (non-hydrogen) atoms. The molecule has 0 amide bonds. The van der Waals surface area contributed by atoms with Gasteiger partial charge in [-0.1, -0.05) is 6.07 Å². The molecule has 2 nitrogen and oxygen atoms in total. The van der Waals surface area contributed by atoms with Gasteiger partial charge in [-0.2, -0.15) is 0 Å². The van der Waals surface area contributed by atoms with Crippen LogP contribution in [0, 0.1) is 6.92 Å². The summed E-state index contributed by atoms with van der Waals surface area (Å²) in [5, 5.41) is 0.315.